The summed E-state index contributed by atoms with van der Waals surface area (Å²) in [7, 11) is 0. The van der Waals surface area contributed by atoms with Gasteiger partial charge in [-0.1, -0.05) is 36.4 Å². The number of ketones is 1. The summed E-state index contributed by atoms with van der Waals surface area (Å²) in [5.74, 6) is -0.0265. The van der Waals surface area contributed by atoms with E-state index in [1.54, 1.807) is 18.3 Å². The van der Waals surface area contributed by atoms with Crippen LogP contribution in [0.4, 0.5) is 0 Å². The van der Waals surface area contributed by atoms with E-state index in [1.807, 2.05) is 49.4 Å². The fraction of sp³-hybridized carbons (Fsp3) is 0.0667. The van der Waals surface area contributed by atoms with Gasteiger partial charge in [-0.05, 0) is 30.7 Å². The van der Waals surface area contributed by atoms with Gasteiger partial charge in [0, 0.05) is 17.5 Å². The predicted molar refractivity (Wildman–Crippen MR) is 68.8 cm³/mol. The van der Waals surface area contributed by atoms with Crippen LogP contribution in [0.25, 0.3) is 6.08 Å². The first-order valence-corrected chi connectivity index (χ1v) is 5.46. The van der Waals surface area contributed by atoms with Gasteiger partial charge in [0.05, 0.1) is 0 Å². The lowest BCUT2D eigenvalue weighted by Crippen LogP contribution is -1.95. The third kappa shape index (κ3) is 3.11. The SMILES string of the molecule is Cc1ccc(C(=O)/C=C\c2ccccc2)cn1. The van der Waals surface area contributed by atoms with E-state index in [2.05, 4.69) is 4.98 Å². The number of aryl methyl sites for hydroxylation is 1. The predicted octanol–water partition coefficient (Wildman–Crippen LogP) is 3.29. The molecule has 2 rings (SSSR count). The first-order chi connectivity index (χ1) is 8.25. The Morgan fingerprint density at radius 2 is 1.88 bits per heavy atom. The second-order valence-corrected chi connectivity index (χ2v) is 3.80. The molecule has 0 spiro atoms. The summed E-state index contributed by atoms with van der Waals surface area (Å²) in [5.41, 5.74) is 2.54. The maximum absolute atomic E-state index is 11.8. The van der Waals surface area contributed by atoms with Crippen molar-refractivity contribution in [2.45, 2.75) is 6.92 Å². The van der Waals surface area contributed by atoms with Crippen molar-refractivity contribution in [1.29, 1.82) is 0 Å². The number of benzene rings is 1. The topological polar surface area (TPSA) is 30.0 Å². The standard InChI is InChI=1S/C15H13NO/c1-12-7-9-14(11-16-12)15(17)10-8-13-5-3-2-4-6-13/h2-11H,1H3/b10-8-. The summed E-state index contributed by atoms with van der Waals surface area (Å²) < 4.78 is 0. The summed E-state index contributed by atoms with van der Waals surface area (Å²) in [5, 5.41) is 0. The van der Waals surface area contributed by atoms with E-state index in [0.29, 0.717) is 5.56 Å². The van der Waals surface area contributed by atoms with Gasteiger partial charge in [0.2, 0.25) is 0 Å². The van der Waals surface area contributed by atoms with Crippen LogP contribution in [0.3, 0.4) is 0 Å². The Morgan fingerprint density at radius 1 is 1.12 bits per heavy atom. The van der Waals surface area contributed by atoms with Crippen LogP contribution in [0.2, 0.25) is 0 Å². The largest absolute Gasteiger partial charge is 0.289 e. The van der Waals surface area contributed by atoms with Crippen LogP contribution in [0.5, 0.6) is 0 Å². The van der Waals surface area contributed by atoms with E-state index < -0.39 is 0 Å². The van der Waals surface area contributed by atoms with Crippen molar-refractivity contribution < 1.29 is 4.79 Å². The Hall–Kier alpha value is -2.22. The molecule has 2 aromatic rings. The number of hydrogen-bond acceptors (Lipinski definition) is 2. The lowest BCUT2D eigenvalue weighted by Gasteiger charge is -1.96. The summed E-state index contributed by atoms with van der Waals surface area (Å²) in [6.07, 6.45) is 4.98. The second kappa shape index (κ2) is 5.21. The van der Waals surface area contributed by atoms with E-state index in [1.165, 1.54) is 0 Å². The molecule has 0 aliphatic rings. The third-order valence-electron chi connectivity index (χ3n) is 2.42. The van der Waals surface area contributed by atoms with E-state index in [9.17, 15) is 4.79 Å². The molecule has 0 radical (unpaired) electrons. The first kappa shape index (κ1) is 11.3. The normalized spacial score (nSPS) is 10.6. The van der Waals surface area contributed by atoms with Gasteiger partial charge >= 0.3 is 0 Å². The molecule has 84 valence electrons. The minimum Gasteiger partial charge on any atom is -0.289 e. The summed E-state index contributed by atoms with van der Waals surface area (Å²) in [6, 6.07) is 13.4. The van der Waals surface area contributed by atoms with E-state index >= 15 is 0 Å². The molecule has 0 amide bonds. The molecule has 0 atom stereocenters. The first-order valence-electron chi connectivity index (χ1n) is 5.46. The highest BCUT2D eigenvalue weighted by atomic mass is 16.1. The quantitative estimate of drug-likeness (QED) is 0.590. The van der Waals surface area contributed by atoms with Crippen molar-refractivity contribution in [3.8, 4) is 0 Å². The molecule has 2 heteroatoms. The molecule has 17 heavy (non-hydrogen) atoms. The van der Waals surface area contributed by atoms with Gasteiger partial charge in [0.1, 0.15) is 0 Å². The van der Waals surface area contributed by atoms with Crippen LogP contribution >= 0.6 is 0 Å². The van der Waals surface area contributed by atoms with E-state index in [4.69, 9.17) is 0 Å². The Morgan fingerprint density at radius 3 is 2.53 bits per heavy atom. The average Bonchev–Trinajstić information content (AvgIpc) is 2.38. The zero-order valence-corrected chi connectivity index (χ0v) is 9.63. The lowest BCUT2D eigenvalue weighted by molar-refractivity contribution is 0.104. The van der Waals surface area contributed by atoms with E-state index in [0.717, 1.165) is 11.3 Å². The number of aromatic nitrogens is 1. The molecule has 0 N–H and O–H groups in total. The minimum absolute atomic E-state index is 0.0265. The van der Waals surface area contributed by atoms with Crippen LogP contribution in [0, 0.1) is 6.92 Å². The molecule has 1 heterocycles. The molecular formula is C15H13NO. The van der Waals surface area contributed by atoms with Crippen LogP contribution in [-0.4, -0.2) is 10.8 Å². The van der Waals surface area contributed by atoms with Crippen molar-refractivity contribution in [3.05, 3.63) is 71.6 Å². The Kier molecular flexibility index (Phi) is 3.46. The summed E-state index contributed by atoms with van der Waals surface area (Å²) in [4.78, 5) is 15.9. The highest BCUT2D eigenvalue weighted by Gasteiger charge is 2.00. The van der Waals surface area contributed by atoms with Crippen LogP contribution < -0.4 is 0 Å². The molecule has 2 nitrogen and oxygen atoms in total. The van der Waals surface area contributed by atoms with Gasteiger partial charge in [0.15, 0.2) is 5.78 Å². The number of nitrogens with zero attached hydrogens (tertiary/aromatic N) is 1. The highest BCUT2D eigenvalue weighted by Crippen LogP contribution is 2.05. The molecule has 0 aliphatic heterocycles. The van der Waals surface area contributed by atoms with Gasteiger partial charge in [0.25, 0.3) is 0 Å². The Labute approximate surface area is 101 Å². The van der Waals surface area contributed by atoms with Gasteiger partial charge in [-0.2, -0.15) is 0 Å². The van der Waals surface area contributed by atoms with E-state index in [-0.39, 0.29) is 5.78 Å². The fourth-order valence-electron chi connectivity index (χ4n) is 1.45. The molecule has 0 aliphatic carbocycles. The lowest BCUT2D eigenvalue weighted by atomic mass is 10.1. The fourth-order valence-corrected chi connectivity index (χ4v) is 1.45. The molecule has 1 aromatic heterocycles. The number of hydrogen-bond donors (Lipinski definition) is 0. The average molecular weight is 223 g/mol. The number of rotatable bonds is 3. The number of carbonyl (C=O) groups excluding carboxylic acids is 1. The van der Waals surface area contributed by atoms with Crippen LogP contribution in [0.1, 0.15) is 21.6 Å². The molecule has 0 fully saturated rings. The second-order valence-electron chi connectivity index (χ2n) is 3.80. The molecule has 0 unspecified atom stereocenters. The smallest absolute Gasteiger partial charge is 0.187 e. The number of pyridine rings is 1. The third-order valence-corrected chi connectivity index (χ3v) is 2.42. The zero-order valence-electron chi connectivity index (χ0n) is 9.63. The van der Waals surface area contributed by atoms with Crippen molar-refractivity contribution >= 4 is 11.9 Å². The molecule has 0 bridgehead atoms. The van der Waals surface area contributed by atoms with Gasteiger partial charge in [-0.3, -0.25) is 9.78 Å². The zero-order chi connectivity index (χ0) is 12.1. The Balaban J connectivity index is 2.12. The van der Waals surface area contributed by atoms with Gasteiger partial charge < -0.3 is 0 Å². The molecule has 0 saturated heterocycles. The van der Waals surface area contributed by atoms with Crippen molar-refractivity contribution in [2.75, 3.05) is 0 Å². The van der Waals surface area contributed by atoms with Crippen LogP contribution in [0.15, 0.2) is 54.7 Å². The highest BCUT2D eigenvalue weighted by molar-refractivity contribution is 6.06. The summed E-state index contributed by atoms with van der Waals surface area (Å²) in [6.45, 7) is 1.90. The number of allylic oxidation sites excluding steroid dienone is 1. The van der Waals surface area contributed by atoms with Crippen LogP contribution in [-0.2, 0) is 0 Å². The minimum atomic E-state index is -0.0265. The maximum Gasteiger partial charge on any atom is 0.187 e. The summed E-state index contributed by atoms with van der Waals surface area (Å²) >= 11 is 0. The Bertz CT molecular complexity index is 527. The number of carbonyl (C=O) groups is 1. The molecular weight excluding hydrogens is 210 g/mol. The molecule has 1 aromatic carbocycles. The maximum atomic E-state index is 11.8. The monoisotopic (exact) mass is 223 g/mol. The van der Waals surface area contributed by atoms with Crippen molar-refractivity contribution in [1.82, 2.24) is 4.98 Å². The molecule has 0 saturated carbocycles. The van der Waals surface area contributed by atoms with Gasteiger partial charge in [-0.25, -0.2) is 0 Å². The van der Waals surface area contributed by atoms with Crippen molar-refractivity contribution in [3.63, 3.8) is 0 Å². The van der Waals surface area contributed by atoms with Crippen molar-refractivity contribution in [2.24, 2.45) is 0 Å². The van der Waals surface area contributed by atoms with Gasteiger partial charge in [-0.15, -0.1) is 0 Å².